The van der Waals surface area contributed by atoms with Gasteiger partial charge in [0.2, 0.25) is 5.91 Å². The monoisotopic (exact) mass is 374 g/mol. The fraction of sp³-hybridized carbons (Fsp3) is 0.333. The highest BCUT2D eigenvalue weighted by Gasteiger charge is 2.50. The zero-order valence-corrected chi connectivity index (χ0v) is 14.5. The summed E-state index contributed by atoms with van der Waals surface area (Å²) in [6.07, 6.45) is 1.81. The van der Waals surface area contributed by atoms with Crippen LogP contribution in [0.1, 0.15) is 20.7 Å². The number of carbonyl (C=O) groups excluding carboxylic acids is 4. The SMILES string of the molecule is COC(=O)c1cc(NC(=O)[C@@H]2[C@@H](C(=O)[O-])[C@@H]3C=C[C@H]2O3)cc(C(=O)OC)c1. The summed E-state index contributed by atoms with van der Waals surface area (Å²) >= 11 is 0. The molecule has 0 aromatic heterocycles. The van der Waals surface area contributed by atoms with Gasteiger partial charge in [-0.25, -0.2) is 9.59 Å². The van der Waals surface area contributed by atoms with Gasteiger partial charge in [0.05, 0.1) is 43.5 Å². The molecule has 1 amide bonds. The van der Waals surface area contributed by atoms with Gasteiger partial charge in [-0.15, -0.1) is 0 Å². The Kier molecular flexibility index (Phi) is 4.95. The molecule has 1 aromatic rings. The van der Waals surface area contributed by atoms with Crippen LogP contribution < -0.4 is 10.4 Å². The van der Waals surface area contributed by atoms with Crippen LogP contribution in [-0.2, 0) is 23.8 Å². The van der Waals surface area contributed by atoms with Crippen molar-refractivity contribution in [2.45, 2.75) is 12.2 Å². The third-order valence-corrected chi connectivity index (χ3v) is 4.52. The molecule has 0 aliphatic carbocycles. The Bertz CT molecular complexity index is 812. The maximum Gasteiger partial charge on any atom is 0.337 e. The summed E-state index contributed by atoms with van der Waals surface area (Å²) in [5, 5.41) is 13.9. The smallest absolute Gasteiger partial charge is 0.337 e. The van der Waals surface area contributed by atoms with Crippen molar-refractivity contribution in [1.29, 1.82) is 0 Å². The molecule has 27 heavy (non-hydrogen) atoms. The topological polar surface area (TPSA) is 131 Å². The Morgan fingerprint density at radius 3 is 1.93 bits per heavy atom. The van der Waals surface area contributed by atoms with Crippen molar-refractivity contribution in [3.8, 4) is 0 Å². The molecule has 142 valence electrons. The lowest BCUT2D eigenvalue weighted by Crippen LogP contribution is -2.45. The number of hydrogen-bond donors (Lipinski definition) is 1. The van der Waals surface area contributed by atoms with Crippen LogP contribution in [0.3, 0.4) is 0 Å². The van der Waals surface area contributed by atoms with Gasteiger partial charge in [-0.1, -0.05) is 12.2 Å². The van der Waals surface area contributed by atoms with Crippen LogP contribution in [0, 0.1) is 11.8 Å². The lowest BCUT2D eigenvalue weighted by molar-refractivity contribution is -0.313. The summed E-state index contributed by atoms with van der Waals surface area (Å²) in [5.41, 5.74) is 0.166. The molecule has 2 bridgehead atoms. The van der Waals surface area contributed by atoms with Gasteiger partial charge >= 0.3 is 11.9 Å². The lowest BCUT2D eigenvalue weighted by Gasteiger charge is -2.25. The first-order valence-electron chi connectivity index (χ1n) is 8.03. The molecule has 1 N–H and O–H groups in total. The molecule has 0 saturated carbocycles. The van der Waals surface area contributed by atoms with E-state index in [0.29, 0.717) is 0 Å². The van der Waals surface area contributed by atoms with Crippen LogP contribution in [0.4, 0.5) is 5.69 Å². The van der Waals surface area contributed by atoms with Crippen molar-refractivity contribution in [2.24, 2.45) is 11.8 Å². The quantitative estimate of drug-likeness (QED) is 0.540. The van der Waals surface area contributed by atoms with Gasteiger partial charge in [-0.3, -0.25) is 4.79 Å². The molecule has 0 radical (unpaired) electrons. The maximum atomic E-state index is 12.7. The number of nitrogens with one attached hydrogen (secondary N) is 1. The molecular weight excluding hydrogens is 358 g/mol. The predicted octanol–water partition coefficient (Wildman–Crippen LogP) is -0.482. The zero-order chi connectivity index (χ0) is 19.7. The second-order valence-corrected chi connectivity index (χ2v) is 6.09. The van der Waals surface area contributed by atoms with Crippen molar-refractivity contribution < 1.29 is 38.5 Å². The van der Waals surface area contributed by atoms with Crippen LogP contribution in [0.5, 0.6) is 0 Å². The molecule has 0 spiro atoms. The summed E-state index contributed by atoms with van der Waals surface area (Å²) in [7, 11) is 2.35. The summed E-state index contributed by atoms with van der Waals surface area (Å²) in [6, 6.07) is 3.89. The maximum absolute atomic E-state index is 12.7. The highest BCUT2D eigenvalue weighted by molar-refractivity contribution is 6.01. The molecule has 1 saturated heterocycles. The fourth-order valence-corrected chi connectivity index (χ4v) is 3.30. The molecular formula is C18H16NO8-. The van der Waals surface area contributed by atoms with Crippen molar-refractivity contribution in [3.05, 3.63) is 41.5 Å². The highest BCUT2D eigenvalue weighted by Crippen LogP contribution is 2.39. The minimum absolute atomic E-state index is 0.0243. The van der Waals surface area contributed by atoms with E-state index in [4.69, 9.17) is 4.74 Å². The molecule has 2 heterocycles. The van der Waals surface area contributed by atoms with E-state index in [0.717, 1.165) is 0 Å². The van der Waals surface area contributed by atoms with Gasteiger partial charge in [-0.05, 0) is 18.2 Å². The van der Waals surface area contributed by atoms with E-state index in [9.17, 15) is 24.3 Å². The predicted molar refractivity (Wildman–Crippen MR) is 87.5 cm³/mol. The van der Waals surface area contributed by atoms with E-state index in [1.165, 1.54) is 32.4 Å². The molecule has 1 aromatic carbocycles. The zero-order valence-electron chi connectivity index (χ0n) is 14.5. The van der Waals surface area contributed by atoms with Crippen LogP contribution in [0.25, 0.3) is 0 Å². The number of carbonyl (C=O) groups is 4. The minimum atomic E-state index is -1.38. The van der Waals surface area contributed by atoms with E-state index in [1.54, 1.807) is 12.2 Å². The van der Waals surface area contributed by atoms with Gasteiger partial charge in [-0.2, -0.15) is 0 Å². The summed E-state index contributed by atoms with van der Waals surface area (Å²) in [5.74, 6) is -5.55. The summed E-state index contributed by atoms with van der Waals surface area (Å²) in [4.78, 5) is 47.7. The Labute approximate surface area is 153 Å². The second kappa shape index (κ2) is 7.20. The Morgan fingerprint density at radius 2 is 1.44 bits per heavy atom. The van der Waals surface area contributed by atoms with E-state index < -0.39 is 47.9 Å². The number of hydrogen-bond acceptors (Lipinski definition) is 8. The first-order chi connectivity index (χ1) is 12.8. The largest absolute Gasteiger partial charge is 0.550 e. The van der Waals surface area contributed by atoms with Crippen molar-refractivity contribution >= 4 is 29.5 Å². The number of esters is 2. The number of rotatable bonds is 5. The number of amides is 1. The van der Waals surface area contributed by atoms with Crippen LogP contribution in [-0.4, -0.2) is 50.2 Å². The van der Waals surface area contributed by atoms with Gasteiger partial charge < -0.3 is 29.4 Å². The van der Waals surface area contributed by atoms with Crippen LogP contribution in [0.15, 0.2) is 30.4 Å². The average molecular weight is 374 g/mol. The Balaban J connectivity index is 1.89. The molecule has 0 unspecified atom stereocenters. The standard InChI is InChI=1S/C18H17NO8/c1-25-17(23)8-5-9(18(24)26-2)7-10(6-8)19-15(20)13-11-3-4-12(27-11)14(13)16(21)22/h3-7,11-14H,1-2H3,(H,19,20)(H,21,22)/p-1/t11-,12+,13+,14+/m1/s1. The molecule has 9 heteroatoms. The normalized spacial score (nSPS) is 25.1. The van der Waals surface area contributed by atoms with Crippen LogP contribution >= 0.6 is 0 Å². The number of carboxylic acid groups (broad SMARTS) is 1. The van der Waals surface area contributed by atoms with Gasteiger partial charge in [0.1, 0.15) is 0 Å². The number of methoxy groups -OCH3 is 2. The first kappa shape index (κ1) is 18.6. The molecule has 3 rings (SSSR count). The summed E-state index contributed by atoms with van der Waals surface area (Å²) < 4.78 is 14.7. The molecule has 4 atom stereocenters. The third-order valence-electron chi connectivity index (χ3n) is 4.52. The van der Waals surface area contributed by atoms with E-state index in [-0.39, 0.29) is 16.8 Å². The molecule has 1 fully saturated rings. The fourth-order valence-electron chi connectivity index (χ4n) is 3.30. The average Bonchev–Trinajstić information content (AvgIpc) is 3.27. The minimum Gasteiger partial charge on any atom is -0.550 e. The van der Waals surface area contributed by atoms with Crippen molar-refractivity contribution in [2.75, 3.05) is 19.5 Å². The Morgan fingerprint density at radius 1 is 0.926 bits per heavy atom. The number of carboxylic acids is 1. The van der Waals surface area contributed by atoms with Crippen LogP contribution in [0.2, 0.25) is 0 Å². The number of aliphatic carboxylic acids is 1. The van der Waals surface area contributed by atoms with E-state index in [2.05, 4.69) is 14.8 Å². The van der Waals surface area contributed by atoms with E-state index in [1.807, 2.05) is 0 Å². The second-order valence-electron chi connectivity index (χ2n) is 6.09. The number of anilines is 1. The van der Waals surface area contributed by atoms with Gasteiger partial charge in [0, 0.05) is 17.6 Å². The van der Waals surface area contributed by atoms with E-state index >= 15 is 0 Å². The molecule has 9 nitrogen and oxygen atoms in total. The number of fused-ring (bicyclic) bond motifs is 2. The highest BCUT2D eigenvalue weighted by atomic mass is 16.5. The molecule has 2 aliphatic heterocycles. The van der Waals surface area contributed by atoms with Gasteiger partial charge in [0.15, 0.2) is 0 Å². The first-order valence-corrected chi connectivity index (χ1v) is 8.03. The van der Waals surface area contributed by atoms with Crippen molar-refractivity contribution in [1.82, 2.24) is 0 Å². The lowest BCUT2D eigenvalue weighted by atomic mass is 9.82. The van der Waals surface area contributed by atoms with Crippen molar-refractivity contribution in [3.63, 3.8) is 0 Å². The van der Waals surface area contributed by atoms with Gasteiger partial charge in [0.25, 0.3) is 0 Å². The Hall–Kier alpha value is -3.20. The summed E-state index contributed by atoms with van der Waals surface area (Å²) in [6.45, 7) is 0. The number of ether oxygens (including phenoxy) is 3. The number of benzene rings is 1. The third kappa shape index (κ3) is 3.41. The molecule has 2 aliphatic rings.